The number of benzene rings is 2. The highest BCUT2D eigenvalue weighted by molar-refractivity contribution is 7.89. The van der Waals surface area contributed by atoms with Gasteiger partial charge in [-0.15, -0.1) is 0 Å². The van der Waals surface area contributed by atoms with E-state index >= 15 is 0 Å². The molecule has 2 aromatic carbocycles. The molecule has 1 heterocycles. The zero-order chi connectivity index (χ0) is 19.4. The summed E-state index contributed by atoms with van der Waals surface area (Å²) in [5, 5.41) is 0.521. The second kappa shape index (κ2) is 8.74. The number of nitrogens with zero attached hydrogens (tertiary/aromatic N) is 1. The lowest BCUT2D eigenvalue weighted by molar-refractivity contribution is 0.0967. The fourth-order valence-corrected chi connectivity index (χ4v) is 5.15. The molecule has 146 valence electrons. The minimum absolute atomic E-state index is 0.0125. The predicted molar refractivity (Wildman–Crippen MR) is 110 cm³/mol. The molecule has 3 rings (SSSR count). The van der Waals surface area contributed by atoms with Crippen molar-refractivity contribution in [3.63, 3.8) is 0 Å². The van der Waals surface area contributed by atoms with Gasteiger partial charge in [0.15, 0.2) is 0 Å². The van der Waals surface area contributed by atoms with Crippen LogP contribution in [-0.4, -0.2) is 33.0 Å². The molecule has 0 unspecified atom stereocenters. The molecular weight excluding hydrogens is 380 g/mol. The van der Waals surface area contributed by atoms with Crippen LogP contribution in [0, 0.1) is 11.8 Å². The van der Waals surface area contributed by atoms with Gasteiger partial charge < -0.3 is 0 Å². The molecule has 1 N–H and O–H groups in total. The number of sulfonamides is 1. The molecule has 1 aliphatic rings. The zero-order valence-electron chi connectivity index (χ0n) is 15.8. The van der Waals surface area contributed by atoms with Gasteiger partial charge in [-0.2, -0.15) is 0 Å². The summed E-state index contributed by atoms with van der Waals surface area (Å²) in [6.45, 7) is 6.83. The van der Waals surface area contributed by atoms with Crippen molar-refractivity contribution in [2.45, 2.75) is 31.2 Å². The van der Waals surface area contributed by atoms with Gasteiger partial charge in [-0.05, 0) is 48.1 Å². The number of rotatable bonds is 6. The van der Waals surface area contributed by atoms with Crippen molar-refractivity contribution in [1.82, 2.24) is 9.62 Å². The fraction of sp³-hybridized carbons (Fsp3) is 0.429. The lowest BCUT2D eigenvalue weighted by Crippen LogP contribution is -2.45. The van der Waals surface area contributed by atoms with Gasteiger partial charge in [-0.3, -0.25) is 4.90 Å². The van der Waals surface area contributed by atoms with Gasteiger partial charge in [0.25, 0.3) is 0 Å². The van der Waals surface area contributed by atoms with E-state index in [4.69, 9.17) is 11.6 Å². The zero-order valence-corrected chi connectivity index (χ0v) is 17.4. The highest BCUT2D eigenvalue weighted by atomic mass is 35.5. The summed E-state index contributed by atoms with van der Waals surface area (Å²) in [6, 6.07) is 16.4. The summed E-state index contributed by atoms with van der Waals surface area (Å²) in [7, 11) is -3.58. The lowest BCUT2D eigenvalue weighted by atomic mass is 9.90. The third-order valence-electron chi connectivity index (χ3n) is 5.11. The SMILES string of the molecule is C[C@@H]1C[C@H](C)CN([C@@H](CNS(=O)(=O)c2ccc(Cl)cc2)c2ccccc2)C1. The molecule has 4 nitrogen and oxygen atoms in total. The van der Waals surface area contributed by atoms with Crippen LogP contribution in [-0.2, 0) is 10.0 Å². The Kier molecular flexibility index (Phi) is 6.58. The van der Waals surface area contributed by atoms with Gasteiger partial charge >= 0.3 is 0 Å². The van der Waals surface area contributed by atoms with Crippen molar-refractivity contribution in [1.29, 1.82) is 0 Å². The first kappa shape index (κ1) is 20.3. The predicted octanol–water partition coefficient (Wildman–Crippen LogP) is 4.34. The highest BCUT2D eigenvalue weighted by Crippen LogP contribution is 2.29. The summed E-state index contributed by atoms with van der Waals surface area (Å²) >= 11 is 5.88. The van der Waals surface area contributed by atoms with Crippen LogP contribution >= 0.6 is 11.6 Å². The smallest absolute Gasteiger partial charge is 0.240 e. The molecule has 0 radical (unpaired) electrons. The molecule has 0 aliphatic carbocycles. The van der Waals surface area contributed by atoms with Gasteiger partial charge in [0.05, 0.1) is 4.90 Å². The minimum Gasteiger partial charge on any atom is -0.294 e. The summed E-state index contributed by atoms with van der Waals surface area (Å²) < 4.78 is 28.2. The van der Waals surface area contributed by atoms with Crippen molar-refractivity contribution in [3.8, 4) is 0 Å². The summed E-state index contributed by atoms with van der Waals surface area (Å²) in [6.07, 6.45) is 1.22. The van der Waals surface area contributed by atoms with Crippen molar-refractivity contribution in [3.05, 3.63) is 65.2 Å². The van der Waals surface area contributed by atoms with E-state index in [1.165, 1.54) is 18.6 Å². The highest BCUT2D eigenvalue weighted by Gasteiger charge is 2.29. The monoisotopic (exact) mass is 406 g/mol. The third-order valence-corrected chi connectivity index (χ3v) is 6.80. The maximum atomic E-state index is 12.7. The number of piperidine rings is 1. The number of likely N-dealkylation sites (tertiary alicyclic amines) is 1. The maximum Gasteiger partial charge on any atom is 0.240 e. The molecular formula is C21H27ClN2O2S. The topological polar surface area (TPSA) is 49.4 Å². The van der Waals surface area contributed by atoms with Crippen LogP contribution < -0.4 is 4.72 Å². The van der Waals surface area contributed by atoms with E-state index in [-0.39, 0.29) is 10.9 Å². The summed E-state index contributed by atoms with van der Waals surface area (Å²) in [5.41, 5.74) is 1.14. The number of hydrogen-bond acceptors (Lipinski definition) is 3. The van der Waals surface area contributed by atoms with E-state index in [0.717, 1.165) is 18.7 Å². The number of halogens is 1. The maximum absolute atomic E-state index is 12.7. The van der Waals surface area contributed by atoms with Crippen LogP contribution in [0.15, 0.2) is 59.5 Å². The van der Waals surface area contributed by atoms with E-state index in [1.54, 1.807) is 12.1 Å². The first-order valence-electron chi connectivity index (χ1n) is 9.39. The Hall–Kier alpha value is -1.40. The lowest BCUT2D eigenvalue weighted by Gasteiger charge is -2.40. The van der Waals surface area contributed by atoms with E-state index < -0.39 is 10.0 Å². The molecule has 2 aromatic rings. The normalized spacial score (nSPS) is 22.5. The Labute approximate surface area is 167 Å². The van der Waals surface area contributed by atoms with Gasteiger partial charge in [0.2, 0.25) is 10.0 Å². The standard InChI is InChI=1S/C21H27ClN2O2S/c1-16-12-17(2)15-24(14-16)21(18-6-4-3-5-7-18)13-23-27(25,26)20-10-8-19(22)9-11-20/h3-11,16-17,21,23H,12-15H2,1-2H3/t16-,17+,21-/m0/s1. The van der Waals surface area contributed by atoms with Gasteiger partial charge in [-0.1, -0.05) is 55.8 Å². The van der Waals surface area contributed by atoms with Crippen LogP contribution in [0.3, 0.4) is 0 Å². The Morgan fingerprint density at radius 1 is 1.04 bits per heavy atom. The molecule has 6 heteroatoms. The van der Waals surface area contributed by atoms with Crippen LogP contribution in [0.5, 0.6) is 0 Å². The Balaban J connectivity index is 1.80. The molecule has 0 amide bonds. The van der Waals surface area contributed by atoms with E-state index in [0.29, 0.717) is 23.4 Å². The molecule has 1 fully saturated rings. The Morgan fingerprint density at radius 3 is 2.22 bits per heavy atom. The minimum atomic E-state index is -3.58. The first-order chi connectivity index (χ1) is 12.8. The van der Waals surface area contributed by atoms with E-state index in [1.807, 2.05) is 18.2 Å². The quantitative estimate of drug-likeness (QED) is 0.776. The van der Waals surface area contributed by atoms with Crippen molar-refractivity contribution in [2.75, 3.05) is 19.6 Å². The van der Waals surface area contributed by atoms with Crippen molar-refractivity contribution < 1.29 is 8.42 Å². The average molecular weight is 407 g/mol. The largest absolute Gasteiger partial charge is 0.294 e. The Morgan fingerprint density at radius 2 is 1.63 bits per heavy atom. The van der Waals surface area contributed by atoms with Gasteiger partial charge in [0, 0.05) is 30.7 Å². The molecule has 27 heavy (non-hydrogen) atoms. The second-order valence-electron chi connectivity index (χ2n) is 7.63. The molecule has 0 saturated carbocycles. The van der Waals surface area contributed by atoms with Gasteiger partial charge in [0.1, 0.15) is 0 Å². The Bertz CT molecular complexity index is 830. The molecule has 0 bridgehead atoms. The van der Waals surface area contributed by atoms with Gasteiger partial charge in [-0.25, -0.2) is 13.1 Å². The molecule has 0 spiro atoms. The first-order valence-corrected chi connectivity index (χ1v) is 11.3. The summed E-state index contributed by atoms with van der Waals surface area (Å²) in [5.74, 6) is 1.21. The van der Waals surface area contributed by atoms with Crippen LogP contribution in [0.1, 0.15) is 31.9 Å². The number of nitrogens with one attached hydrogen (secondary N) is 1. The van der Waals surface area contributed by atoms with Crippen molar-refractivity contribution in [2.24, 2.45) is 11.8 Å². The summed E-state index contributed by atoms with van der Waals surface area (Å²) in [4.78, 5) is 2.65. The van der Waals surface area contributed by atoms with E-state index in [2.05, 4.69) is 35.6 Å². The fourth-order valence-electron chi connectivity index (χ4n) is 3.98. The van der Waals surface area contributed by atoms with Crippen LogP contribution in [0.2, 0.25) is 5.02 Å². The molecule has 0 aromatic heterocycles. The van der Waals surface area contributed by atoms with Crippen molar-refractivity contribution >= 4 is 21.6 Å². The third kappa shape index (κ3) is 5.32. The van der Waals surface area contributed by atoms with Crippen LogP contribution in [0.25, 0.3) is 0 Å². The molecule has 3 atom stereocenters. The number of hydrogen-bond donors (Lipinski definition) is 1. The molecule has 1 aliphatic heterocycles. The van der Waals surface area contributed by atoms with E-state index in [9.17, 15) is 8.42 Å². The van der Waals surface area contributed by atoms with Crippen LogP contribution in [0.4, 0.5) is 0 Å². The average Bonchev–Trinajstić information content (AvgIpc) is 2.62. The molecule has 1 saturated heterocycles. The second-order valence-corrected chi connectivity index (χ2v) is 9.84.